The summed E-state index contributed by atoms with van der Waals surface area (Å²) in [5.74, 6) is -0.236. The van der Waals surface area contributed by atoms with Crippen molar-refractivity contribution in [2.75, 3.05) is 13.7 Å². The number of cyclic esters (lactones) is 1. The number of hydrogen-bond donors (Lipinski definition) is 1. The molecule has 20 heavy (non-hydrogen) atoms. The third-order valence-corrected chi connectivity index (χ3v) is 3.17. The Morgan fingerprint density at radius 3 is 2.65 bits per heavy atom. The van der Waals surface area contributed by atoms with Crippen molar-refractivity contribution in [1.29, 1.82) is 0 Å². The van der Waals surface area contributed by atoms with E-state index in [0.717, 1.165) is 11.3 Å². The zero-order valence-corrected chi connectivity index (χ0v) is 11.5. The second-order valence-corrected chi connectivity index (χ2v) is 5.09. The molecule has 1 N–H and O–H groups in total. The molecule has 6 heteroatoms. The number of rotatable bonds is 5. The Morgan fingerprint density at radius 1 is 1.45 bits per heavy atom. The number of nitrogens with zero attached hydrogens (tertiary/aromatic N) is 1. The molecule has 0 saturated carbocycles. The molecule has 1 aromatic rings. The topological polar surface area (TPSA) is 76.1 Å². The molecule has 0 bridgehead atoms. The molecular formula is C14H17NO5. The Labute approximate surface area is 116 Å². The van der Waals surface area contributed by atoms with Gasteiger partial charge in [0.25, 0.3) is 0 Å². The maximum atomic E-state index is 11.8. The lowest BCUT2D eigenvalue weighted by molar-refractivity contribution is -0.140. The number of carbonyl (C=O) groups is 2. The van der Waals surface area contributed by atoms with Crippen LogP contribution in [0, 0.1) is 0 Å². The average Bonchev–Trinajstić information content (AvgIpc) is 2.63. The van der Waals surface area contributed by atoms with Gasteiger partial charge in [-0.05, 0) is 24.6 Å². The van der Waals surface area contributed by atoms with E-state index in [0.29, 0.717) is 6.54 Å². The Kier molecular flexibility index (Phi) is 3.83. The molecule has 1 saturated heterocycles. The molecule has 0 spiro atoms. The number of carboxylic acid groups (broad SMARTS) is 1. The van der Waals surface area contributed by atoms with Gasteiger partial charge in [-0.2, -0.15) is 0 Å². The zero-order valence-electron chi connectivity index (χ0n) is 11.5. The summed E-state index contributed by atoms with van der Waals surface area (Å²) in [6.45, 7) is 2.29. The highest BCUT2D eigenvalue weighted by atomic mass is 16.6. The van der Waals surface area contributed by atoms with Gasteiger partial charge in [-0.15, -0.1) is 0 Å². The van der Waals surface area contributed by atoms with Gasteiger partial charge in [0.05, 0.1) is 20.1 Å². The van der Waals surface area contributed by atoms with Crippen LogP contribution in [0.3, 0.4) is 0 Å². The Balaban J connectivity index is 2.02. The predicted octanol–water partition coefficient (Wildman–Crippen LogP) is 1.88. The van der Waals surface area contributed by atoms with Crippen molar-refractivity contribution in [2.24, 2.45) is 0 Å². The zero-order chi connectivity index (χ0) is 14.8. The summed E-state index contributed by atoms with van der Waals surface area (Å²) in [5, 5.41) is 8.84. The number of ether oxygens (including phenoxy) is 2. The monoisotopic (exact) mass is 279 g/mol. The molecule has 1 heterocycles. The SMILES string of the molecule is COc1ccc(CN2CC(C)(CC(=O)O)OC2=O)cc1. The normalized spacial score (nSPS) is 21.7. The van der Waals surface area contributed by atoms with Gasteiger partial charge >= 0.3 is 12.1 Å². The van der Waals surface area contributed by atoms with Gasteiger partial charge in [-0.25, -0.2) is 4.79 Å². The van der Waals surface area contributed by atoms with E-state index in [-0.39, 0.29) is 13.0 Å². The van der Waals surface area contributed by atoms with Gasteiger partial charge in [0, 0.05) is 6.54 Å². The fourth-order valence-electron chi connectivity index (χ4n) is 2.26. The van der Waals surface area contributed by atoms with Gasteiger partial charge in [0.1, 0.15) is 11.4 Å². The fraction of sp³-hybridized carbons (Fsp3) is 0.429. The lowest BCUT2D eigenvalue weighted by atomic mass is 10.0. The van der Waals surface area contributed by atoms with Gasteiger partial charge in [0.15, 0.2) is 0 Å². The highest BCUT2D eigenvalue weighted by molar-refractivity contribution is 5.74. The minimum Gasteiger partial charge on any atom is -0.497 e. The van der Waals surface area contributed by atoms with E-state index in [2.05, 4.69) is 0 Å². The molecule has 0 aromatic heterocycles. The molecule has 108 valence electrons. The second kappa shape index (κ2) is 5.40. The summed E-state index contributed by atoms with van der Waals surface area (Å²) in [7, 11) is 1.59. The number of carboxylic acids is 1. The minimum atomic E-state index is -0.980. The number of hydrogen-bond acceptors (Lipinski definition) is 4. The standard InChI is InChI=1S/C14H17NO5/c1-14(7-12(16)17)9-15(13(18)20-14)8-10-3-5-11(19-2)6-4-10/h3-6H,7-9H2,1-2H3,(H,16,17). The molecule has 1 atom stereocenters. The molecule has 1 amide bonds. The molecular weight excluding hydrogens is 262 g/mol. The average molecular weight is 279 g/mol. The molecule has 1 aromatic carbocycles. The smallest absolute Gasteiger partial charge is 0.410 e. The van der Waals surface area contributed by atoms with Crippen LogP contribution in [-0.4, -0.2) is 41.3 Å². The first-order valence-corrected chi connectivity index (χ1v) is 6.24. The van der Waals surface area contributed by atoms with E-state index in [4.69, 9.17) is 14.6 Å². The molecule has 1 aliphatic heterocycles. The Morgan fingerprint density at radius 2 is 2.10 bits per heavy atom. The molecule has 1 fully saturated rings. The Bertz CT molecular complexity index is 513. The van der Waals surface area contributed by atoms with E-state index >= 15 is 0 Å². The number of benzene rings is 1. The van der Waals surface area contributed by atoms with E-state index in [9.17, 15) is 9.59 Å². The van der Waals surface area contributed by atoms with Gasteiger partial charge in [-0.1, -0.05) is 12.1 Å². The van der Waals surface area contributed by atoms with Crippen LogP contribution in [0.4, 0.5) is 4.79 Å². The number of methoxy groups -OCH3 is 1. The largest absolute Gasteiger partial charge is 0.497 e. The third kappa shape index (κ3) is 3.20. The van der Waals surface area contributed by atoms with Crippen molar-refractivity contribution in [3.8, 4) is 5.75 Å². The van der Waals surface area contributed by atoms with Crippen LogP contribution in [0.25, 0.3) is 0 Å². The maximum Gasteiger partial charge on any atom is 0.410 e. The first kappa shape index (κ1) is 14.2. The van der Waals surface area contributed by atoms with Gasteiger partial charge < -0.3 is 14.6 Å². The molecule has 2 rings (SSSR count). The summed E-state index contributed by atoms with van der Waals surface area (Å²) < 4.78 is 10.2. The molecule has 0 aliphatic carbocycles. The lowest BCUT2D eigenvalue weighted by Gasteiger charge is -2.19. The van der Waals surface area contributed by atoms with Crippen LogP contribution in [-0.2, 0) is 16.1 Å². The molecule has 0 radical (unpaired) electrons. The first-order chi connectivity index (χ1) is 9.42. The van der Waals surface area contributed by atoms with Crippen LogP contribution in [0.5, 0.6) is 5.75 Å². The third-order valence-electron chi connectivity index (χ3n) is 3.17. The van der Waals surface area contributed by atoms with Crippen LogP contribution in [0.15, 0.2) is 24.3 Å². The van der Waals surface area contributed by atoms with Gasteiger partial charge in [-0.3, -0.25) is 9.69 Å². The van der Waals surface area contributed by atoms with E-state index in [1.165, 1.54) is 4.90 Å². The highest BCUT2D eigenvalue weighted by Gasteiger charge is 2.42. The van der Waals surface area contributed by atoms with Crippen molar-refractivity contribution < 1.29 is 24.2 Å². The predicted molar refractivity (Wildman–Crippen MR) is 70.5 cm³/mol. The summed E-state index contributed by atoms with van der Waals surface area (Å²) in [6, 6.07) is 7.35. The van der Waals surface area contributed by atoms with Gasteiger partial charge in [0.2, 0.25) is 0 Å². The fourth-order valence-corrected chi connectivity index (χ4v) is 2.26. The summed E-state index contributed by atoms with van der Waals surface area (Å²) in [5.41, 5.74) is -0.0302. The van der Waals surface area contributed by atoms with Crippen molar-refractivity contribution in [3.05, 3.63) is 29.8 Å². The summed E-state index contributed by atoms with van der Waals surface area (Å²) >= 11 is 0. The minimum absolute atomic E-state index is 0.197. The lowest BCUT2D eigenvalue weighted by Crippen LogP contribution is -2.33. The molecule has 6 nitrogen and oxygen atoms in total. The van der Waals surface area contributed by atoms with Crippen LogP contribution in [0.2, 0.25) is 0 Å². The van der Waals surface area contributed by atoms with E-state index < -0.39 is 17.7 Å². The van der Waals surface area contributed by atoms with Crippen LogP contribution >= 0.6 is 0 Å². The van der Waals surface area contributed by atoms with Crippen molar-refractivity contribution in [3.63, 3.8) is 0 Å². The number of carbonyl (C=O) groups excluding carboxylic acids is 1. The maximum absolute atomic E-state index is 11.8. The van der Waals surface area contributed by atoms with E-state index in [1.807, 2.05) is 24.3 Å². The van der Waals surface area contributed by atoms with Crippen LogP contribution in [0.1, 0.15) is 18.9 Å². The molecule has 1 unspecified atom stereocenters. The summed E-state index contributed by atoms with van der Waals surface area (Å²) in [4.78, 5) is 24.1. The van der Waals surface area contributed by atoms with Crippen molar-refractivity contribution in [1.82, 2.24) is 4.90 Å². The first-order valence-electron chi connectivity index (χ1n) is 6.24. The quantitative estimate of drug-likeness (QED) is 0.890. The molecule has 1 aliphatic rings. The van der Waals surface area contributed by atoms with Crippen LogP contribution < -0.4 is 4.74 Å². The number of aliphatic carboxylic acids is 1. The highest BCUT2D eigenvalue weighted by Crippen LogP contribution is 2.27. The van der Waals surface area contributed by atoms with Crippen molar-refractivity contribution >= 4 is 12.1 Å². The summed E-state index contributed by atoms with van der Waals surface area (Å²) in [6.07, 6.45) is -0.678. The number of amides is 1. The van der Waals surface area contributed by atoms with E-state index in [1.54, 1.807) is 14.0 Å². The van der Waals surface area contributed by atoms with Crippen molar-refractivity contribution in [2.45, 2.75) is 25.5 Å². The Hall–Kier alpha value is -2.24. The second-order valence-electron chi connectivity index (χ2n) is 5.09.